The van der Waals surface area contributed by atoms with Crippen LogP contribution in [0.1, 0.15) is 22.8 Å². The molecule has 1 amide bonds. The predicted molar refractivity (Wildman–Crippen MR) is 73.9 cm³/mol. The van der Waals surface area contributed by atoms with Crippen LogP contribution in [0.3, 0.4) is 0 Å². The summed E-state index contributed by atoms with van der Waals surface area (Å²) in [6.45, 7) is 4.34. The summed E-state index contributed by atoms with van der Waals surface area (Å²) in [7, 11) is 0. The molecule has 0 spiro atoms. The van der Waals surface area contributed by atoms with Crippen molar-refractivity contribution in [3.63, 3.8) is 0 Å². The third-order valence-corrected chi connectivity index (χ3v) is 3.63. The van der Waals surface area contributed by atoms with E-state index in [1.54, 1.807) is 6.07 Å². The summed E-state index contributed by atoms with van der Waals surface area (Å²) in [5, 5.41) is 11.4. The average Bonchev–Trinajstić information content (AvgIpc) is 2.38. The van der Waals surface area contributed by atoms with Gasteiger partial charge in [-0.3, -0.25) is 4.79 Å². The van der Waals surface area contributed by atoms with Crippen molar-refractivity contribution >= 4 is 27.7 Å². The number of rotatable bonds is 4. The van der Waals surface area contributed by atoms with Crippen molar-refractivity contribution in [1.29, 1.82) is 0 Å². The number of amidine groups is 1. The summed E-state index contributed by atoms with van der Waals surface area (Å²) < 4.78 is 0.771. The van der Waals surface area contributed by atoms with Crippen LogP contribution in [0.5, 0.6) is 0 Å². The second-order valence-corrected chi connectivity index (χ2v) is 4.64. The maximum Gasteiger partial charge on any atom is 0.255 e. The molecule has 5 nitrogen and oxygen atoms in total. The molecule has 98 valence electrons. The maximum absolute atomic E-state index is 12.3. The first-order valence-electron chi connectivity index (χ1n) is 5.52. The summed E-state index contributed by atoms with van der Waals surface area (Å²) in [5.41, 5.74) is 6.99. The highest BCUT2D eigenvalue weighted by Gasteiger charge is 2.18. The third kappa shape index (κ3) is 3.22. The summed E-state index contributed by atoms with van der Waals surface area (Å²) in [4.78, 5) is 13.8. The molecule has 1 aromatic rings. The smallest absolute Gasteiger partial charge is 0.255 e. The molecule has 0 saturated carbocycles. The van der Waals surface area contributed by atoms with E-state index in [2.05, 4.69) is 21.1 Å². The number of amides is 1. The molecular formula is C12H16BrN3O2. The lowest BCUT2D eigenvalue weighted by atomic mass is 10.1. The molecule has 0 heterocycles. The van der Waals surface area contributed by atoms with E-state index in [0.29, 0.717) is 12.1 Å². The first kappa shape index (κ1) is 14.5. The Bertz CT molecular complexity index is 474. The molecule has 6 heteroatoms. The molecule has 0 radical (unpaired) electrons. The second kappa shape index (κ2) is 6.39. The standard InChI is InChI=1S/C12H16BrN3O2/c1-3-16(7-10(14)15-18)12(17)9-6-4-5-8(2)11(9)13/h4-6,18H,3,7H2,1-2H3,(H2,14,15). The van der Waals surface area contributed by atoms with Gasteiger partial charge in [0.15, 0.2) is 5.84 Å². The van der Waals surface area contributed by atoms with Gasteiger partial charge in [0.05, 0.1) is 12.1 Å². The van der Waals surface area contributed by atoms with E-state index in [1.165, 1.54) is 4.90 Å². The third-order valence-electron chi connectivity index (χ3n) is 2.57. The zero-order valence-corrected chi connectivity index (χ0v) is 11.9. The Balaban J connectivity index is 3.00. The summed E-state index contributed by atoms with van der Waals surface area (Å²) >= 11 is 3.40. The molecule has 0 saturated heterocycles. The van der Waals surface area contributed by atoms with Gasteiger partial charge >= 0.3 is 0 Å². The fourth-order valence-corrected chi connectivity index (χ4v) is 1.97. The molecular weight excluding hydrogens is 298 g/mol. The van der Waals surface area contributed by atoms with Crippen molar-refractivity contribution in [2.75, 3.05) is 13.1 Å². The van der Waals surface area contributed by atoms with Gasteiger partial charge in [-0.2, -0.15) is 0 Å². The van der Waals surface area contributed by atoms with E-state index in [9.17, 15) is 4.79 Å². The molecule has 0 fully saturated rings. The van der Waals surface area contributed by atoms with Gasteiger partial charge in [0.1, 0.15) is 0 Å². The van der Waals surface area contributed by atoms with Crippen molar-refractivity contribution in [2.24, 2.45) is 10.9 Å². The van der Waals surface area contributed by atoms with Crippen LogP contribution in [0.15, 0.2) is 27.8 Å². The lowest BCUT2D eigenvalue weighted by Gasteiger charge is -2.21. The van der Waals surface area contributed by atoms with E-state index in [4.69, 9.17) is 10.9 Å². The van der Waals surface area contributed by atoms with Gasteiger partial charge in [-0.25, -0.2) is 0 Å². The number of benzene rings is 1. The monoisotopic (exact) mass is 313 g/mol. The number of carbonyl (C=O) groups excluding carboxylic acids is 1. The highest BCUT2D eigenvalue weighted by atomic mass is 79.9. The van der Waals surface area contributed by atoms with Gasteiger partial charge in [0.25, 0.3) is 5.91 Å². The first-order chi connectivity index (χ1) is 8.51. The van der Waals surface area contributed by atoms with E-state index in [1.807, 2.05) is 26.0 Å². The van der Waals surface area contributed by atoms with Crippen LogP contribution in [0.2, 0.25) is 0 Å². The van der Waals surface area contributed by atoms with Gasteiger partial charge in [-0.05, 0) is 41.4 Å². The van der Waals surface area contributed by atoms with Crippen LogP contribution in [0, 0.1) is 6.92 Å². The minimum Gasteiger partial charge on any atom is -0.409 e. The highest BCUT2D eigenvalue weighted by Crippen LogP contribution is 2.22. The molecule has 0 unspecified atom stereocenters. The highest BCUT2D eigenvalue weighted by molar-refractivity contribution is 9.10. The van der Waals surface area contributed by atoms with Crippen molar-refractivity contribution in [3.8, 4) is 0 Å². The van der Waals surface area contributed by atoms with Crippen LogP contribution in [0.25, 0.3) is 0 Å². The predicted octanol–water partition coefficient (Wildman–Crippen LogP) is 1.97. The number of hydrogen-bond donors (Lipinski definition) is 2. The minimum absolute atomic E-state index is 0.00831. The second-order valence-electron chi connectivity index (χ2n) is 3.85. The van der Waals surface area contributed by atoms with E-state index >= 15 is 0 Å². The van der Waals surface area contributed by atoms with E-state index in [-0.39, 0.29) is 18.3 Å². The van der Waals surface area contributed by atoms with Gasteiger partial charge in [0, 0.05) is 11.0 Å². The van der Waals surface area contributed by atoms with Crippen LogP contribution in [-0.4, -0.2) is 34.9 Å². The van der Waals surface area contributed by atoms with Crippen molar-refractivity contribution in [2.45, 2.75) is 13.8 Å². The normalized spacial score (nSPS) is 11.4. The Hall–Kier alpha value is -1.56. The first-order valence-corrected chi connectivity index (χ1v) is 6.31. The van der Waals surface area contributed by atoms with Crippen molar-refractivity contribution in [1.82, 2.24) is 4.90 Å². The number of carbonyl (C=O) groups is 1. The van der Waals surface area contributed by atoms with Crippen LogP contribution < -0.4 is 5.73 Å². The quantitative estimate of drug-likeness (QED) is 0.386. The Morgan fingerprint density at radius 2 is 2.22 bits per heavy atom. The largest absolute Gasteiger partial charge is 0.409 e. The lowest BCUT2D eigenvalue weighted by Crippen LogP contribution is -2.38. The van der Waals surface area contributed by atoms with Crippen molar-refractivity contribution < 1.29 is 10.0 Å². The van der Waals surface area contributed by atoms with Gasteiger partial charge < -0.3 is 15.8 Å². The summed E-state index contributed by atoms with van der Waals surface area (Å²) in [6, 6.07) is 5.49. The Kier molecular flexibility index (Phi) is 5.15. The number of nitrogens with two attached hydrogens (primary N) is 1. The molecule has 0 aliphatic heterocycles. The number of likely N-dealkylation sites (N-methyl/N-ethyl adjacent to an activating group) is 1. The number of oxime groups is 1. The lowest BCUT2D eigenvalue weighted by molar-refractivity contribution is 0.0785. The maximum atomic E-state index is 12.3. The molecule has 0 aliphatic rings. The molecule has 0 bridgehead atoms. The molecule has 0 aromatic heterocycles. The zero-order valence-electron chi connectivity index (χ0n) is 10.4. The average molecular weight is 314 g/mol. The zero-order chi connectivity index (χ0) is 13.7. The molecule has 18 heavy (non-hydrogen) atoms. The topological polar surface area (TPSA) is 78.9 Å². The Morgan fingerprint density at radius 3 is 2.78 bits per heavy atom. The molecule has 1 rings (SSSR count). The number of hydrogen-bond acceptors (Lipinski definition) is 3. The van der Waals surface area contributed by atoms with Crippen molar-refractivity contribution in [3.05, 3.63) is 33.8 Å². The summed E-state index contributed by atoms with van der Waals surface area (Å²) in [6.07, 6.45) is 0. The van der Waals surface area contributed by atoms with Crippen LogP contribution in [-0.2, 0) is 0 Å². The van der Waals surface area contributed by atoms with Crippen LogP contribution in [0.4, 0.5) is 0 Å². The number of aryl methyl sites for hydroxylation is 1. The Morgan fingerprint density at radius 1 is 1.56 bits per heavy atom. The molecule has 0 aliphatic carbocycles. The van der Waals surface area contributed by atoms with Gasteiger partial charge in [-0.1, -0.05) is 17.3 Å². The molecule has 3 N–H and O–H groups in total. The SMILES string of the molecule is CCN(C/C(N)=N/O)C(=O)c1cccc(C)c1Br. The number of halogens is 1. The fourth-order valence-electron chi connectivity index (χ4n) is 1.54. The van der Waals surface area contributed by atoms with Gasteiger partial charge in [-0.15, -0.1) is 0 Å². The van der Waals surface area contributed by atoms with E-state index in [0.717, 1.165) is 10.0 Å². The Labute approximate surface area is 114 Å². The van der Waals surface area contributed by atoms with Crippen LogP contribution >= 0.6 is 15.9 Å². The molecule has 1 aromatic carbocycles. The van der Waals surface area contributed by atoms with E-state index < -0.39 is 0 Å². The number of nitrogens with zero attached hydrogens (tertiary/aromatic N) is 2. The fraction of sp³-hybridized carbons (Fsp3) is 0.333. The van der Waals surface area contributed by atoms with Gasteiger partial charge in [0.2, 0.25) is 0 Å². The minimum atomic E-state index is -0.153. The molecule has 0 atom stereocenters. The summed E-state index contributed by atoms with van der Waals surface area (Å²) in [5.74, 6) is -0.145.